The minimum atomic E-state index is -0.512. The Morgan fingerprint density at radius 3 is 2.94 bits per heavy atom. The van der Waals surface area contributed by atoms with Gasteiger partial charge in [-0.05, 0) is 23.4 Å². The molecule has 0 bridgehead atoms. The number of benzene rings is 1. The molecule has 0 aliphatic carbocycles. The molecule has 0 saturated carbocycles. The van der Waals surface area contributed by atoms with Gasteiger partial charge in [0.25, 0.3) is 0 Å². The van der Waals surface area contributed by atoms with E-state index in [1.807, 2.05) is 0 Å². The summed E-state index contributed by atoms with van der Waals surface area (Å²) in [4.78, 5) is 3.98. The zero-order chi connectivity index (χ0) is 11.5. The molecule has 0 saturated heterocycles. The Morgan fingerprint density at radius 2 is 2.31 bits per heavy atom. The van der Waals surface area contributed by atoms with Crippen LogP contribution in [0.25, 0.3) is 0 Å². The van der Waals surface area contributed by atoms with Crippen molar-refractivity contribution in [2.45, 2.75) is 0 Å². The lowest BCUT2D eigenvalue weighted by Gasteiger charge is -1.98. The van der Waals surface area contributed by atoms with Crippen molar-refractivity contribution >= 4 is 23.1 Å². The number of hydrogen-bond donors (Lipinski definition) is 1. The Bertz CT molecular complexity index is 526. The highest BCUT2D eigenvalue weighted by atomic mass is 35.5. The molecule has 1 heterocycles. The summed E-state index contributed by atoms with van der Waals surface area (Å²) in [6, 6.07) is 4.01. The first-order chi connectivity index (χ1) is 7.66. The van der Waals surface area contributed by atoms with Crippen LogP contribution >= 0.6 is 11.6 Å². The lowest BCUT2D eigenvalue weighted by atomic mass is 10.3. The van der Waals surface area contributed by atoms with E-state index in [1.165, 1.54) is 24.4 Å². The lowest BCUT2D eigenvalue weighted by Crippen LogP contribution is -2.12. The van der Waals surface area contributed by atoms with Gasteiger partial charge in [-0.25, -0.2) is 14.0 Å². The standard InChI is InChI=1S/C9H6ClFN4O/c10-6-3-5(1-2-7(6)11)14-9(12)8-4-13-16-15-8/h1-4H,(H2,12,14). The molecule has 0 fully saturated rings. The first-order valence-electron chi connectivity index (χ1n) is 4.24. The van der Waals surface area contributed by atoms with Crippen molar-refractivity contribution in [1.29, 1.82) is 0 Å². The number of aliphatic imine (C=N–C) groups is 1. The molecule has 0 atom stereocenters. The van der Waals surface area contributed by atoms with Crippen molar-refractivity contribution in [3.63, 3.8) is 0 Å². The van der Waals surface area contributed by atoms with Crippen LogP contribution in [0.15, 0.2) is 34.0 Å². The molecule has 0 aliphatic heterocycles. The summed E-state index contributed by atoms with van der Waals surface area (Å²) in [5.41, 5.74) is 6.34. The van der Waals surface area contributed by atoms with Crippen LogP contribution in [0.2, 0.25) is 5.02 Å². The molecule has 5 nitrogen and oxygen atoms in total. The normalized spacial score (nSPS) is 11.8. The Morgan fingerprint density at radius 1 is 1.50 bits per heavy atom. The molecule has 2 aromatic rings. The highest BCUT2D eigenvalue weighted by Gasteiger charge is 2.04. The average Bonchev–Trinajstić information content (AvgIpc) is 2.77. The van der Waals surface area contributed by atoms with Gasteiger partial charge in [-0.3, -0.25) is 0 Å². The van der Waals surface area contributed by atoms with Crippen molar-refractivity contribution in [2.75, 3.05) is 0 Å². The molecule has 16 heavy (non-hydrogen) atoms. The Balaban J connectivity index is 2.32. The van der Waals surface area contributed by atoms with Gasteiger partial charge >= 0.3 is 0 Å². The van der Waals surface area contributed by atoms with E-state index in [0.29, 0.717) is 11.4 Å². The fourth-order valence-electron chi connectivity index (χ4n) is 1.03. The molecule has 0 radical (unpaired) electrons. The number of aromatic nitrogens is 2. The predicted octanol–water partition coefficient (Wildman–Crippen LogP) is 1.90. The number of nitrogens with zero attached hydrogens (tertiary/aromatic N) is 3. The molecular formula is C9H6ClFN4O. The molecular weight excluding hydrogens is 235 g/mol. The van der Waals surface area contributed by atoms with Crippen LogP contribution in [0, 0.1) is 5.82 Å². The molecule has 0 unspecified atom stereocenters. The van der Waals surface area contributed by atoms with Crippen molar-refractivity contribution in [3.05, 3.63) is 40.9 Å². The third-order valence-electron chi connectivity index (χ3n) is 1.78. The second-order valence-electron chi connectivity index (χ2n) is 2.89. The molecule has 2 N–H and O–H groups in total. The van der Waals surface area contributed by atoms with E-state index in [4.69, 9.17) is 17.3 Å². The fourth-order valence-corrected chi connectivity index (χ4v) is 1.20. The number of rotatable bonds is 2. The van der Waals surface area contributed by atoms with Crippen molar-refractivity contribution in [1.82, 2.24) is 10.3 Å². The number of halogens is 2. The number of nitrogens with two attached hydrogens (primary N) is 1. The molecule has 0 amide bonds. The van der Waals surface area contributed by atoms with E-state index >= 15 is 0 Å². The van der Waals surface area contributed by atoms with Crippen LogP contribution in [-0.2, 0) is 0 Å². The molecule has 0 spiro atoms. The molecule has 1 aromatic heterocycles. The van der Waals surface area contributed by atoms with E-state index in [-0.39, 0.29) is 10.9 Å². The molecule has 2 rings (SSSR count). The Hall–Kier alpha value is -1.95. The molecule has 7 heteroatoms. The number of amidine groups is 1. The van der Waals surface area contributed by atoms with Gasteiger partial charge in [-0.15, -0.1) is 0 Å². The SMILES string of the molecule is NC(=Nc1ccc(F)c(Cl)c1)c1cnon1. The quantitative estimate of drug-likeness (QED) is 0.642. The van der Waals surface area contributed by atoms with E-state index in [1.54, 1.807) is 0 Å². The van der Waals surface area contributed by atoms with Crippen molar-refractivity contribution in [3.8, 4) is 0 Å². The van der Waals surface area contributed by atoms with Gasteiger partial charge in [0.15, 0.2) is 11.5 Å². The van der Waals surface area contributed by atoms with Crippen LogP contribution in [0.5, 0.6) is 0 Å². The molecule has 82 valence electrons. The largest absolute Gasteiger partial charge is 0.382 e. The van der Waals surface area contributed by atoms with Gasteiger partial charge in [-0.2, -0.15) is 0 Å². The zero-order valence-electron chi connectivity index (χ0n) is 7.89. The average molecular weight is 241 g/mol. The van der Waals surface area contributed by atoms with Crippen molar-refractivity contribution < 1.29 is 9.02 Å². The van der Waals surface area contributed by atoms with Crippen LogP contribution in [-0.4, -0.2) is 16.1 Å². The van der Waals surface area contributed by atoms with E-state index in [0.717, 1.165) is 0 Å². The Kier molecular flexibility index (Phi) is 2.82. The lowest BCUT2D eigenvalue weighted by molar-refractivity contribution is 0.306. The maximum absolute atomic E-state index is 12.9. The first kappa shape index (κ1) is 10.6. The summed E-state index contributed by atoms with van der Waals surface area (Å²) in [5, 5.41) is 6.87. The van der Waals surface area contributed by atoms with E-state index < -0.39 is 5.82 Å². The van der Waals surface area contributed by atoms with E-state index in [2.05, 4.69) is 19.9 Å². The highest BCUT2D eigenvalue weighted by Crippen LogP contribution is 2.21. The molecule has 0 aliphatic rings. The van der Waals surface area contributed by atoms with Crippen LogP contribution < -0.4 is 5.73 Å². The number of hydrogen-bond acceptors (Lipinski definition) is 4. The Labute approximate surface area is 94.7 Å². The summed E-state index contributed by atoms with van der Waals surface area (Å²) in [6.45, 7) is 0. The smallest absolute Gasteiger partial charge is 0.169 e. The van der Waals surface area contributed by atoms with Gasteiger partial charge < -0.3 is 5.73 Å². The zero-order valence-corrected chi connectivity index (χ0v) is 8.65. The van der Waals surface area contributed by atoms with Crippen LogP contribution in [0.3, 0.4) is 0 Å². The summed E-state index contributed by atoms with van der Waals surface area (Å²) >= 11 is 5.59. The monoisotopic (exact) mass is 240 g/mol. The van der Waals surface area contributed by atoms with Crippen molar-refractivity contribution in [2.24, 2.45) is 10.7 Å². The van der Waals surface area contributed by atoms with Crippen LogP contribution in [0.4, 0.5) is 10.1 Å². The minimum absolute atomic E-state index is 0.0210. The third-order valence-corrected chi connectivity index (χ3v) is 2.07. The molecule has 1 aromatic carbocycles. The maximum Gasteiger partial charge on any atom is 0.169 e. The minimum Gasteiger partial charge on any atom is -0.382 e. The maximum atomic E-state index is 12.9. The topological polar surface area (TPSA) is 77.3 Å². The van der Waals surface area contributed by atoms with Gasteiger partial charge in [0, 0.05) is 0 Å². The predicted molar refractivity (Wildman–Crippen MR) is 56.1 cm³/mol. The summed E-state index contributed by atoms with van der Waals surface area (Å²) in [7, 11) is 0. The fraction of sp³-hybridized carbons (Fsp3) is 0. The van der Waals surface area contributed by atoms with Gasteiger partial charge in [0.05, 0.1) is 10.7 Å². The second kappa shape index (κ2) is 4.28. The van der Waals surface area contributed by atoms with Gasteiger partial charge in [0.2, 0.25) is 0 Å². The summed E-state index contributed by atoms with van der Waals surface area (Å²) < 4.78 is 17.2. The van der Waals surface area contributed by atoms with Gasteiger partial charge in [-0.1, -0.05) is 16.8 Å². The second-order valence-corrected chi connectivity index (χ2v) is 3.30. The van der Waals surface area contributed by atoms with E-state index in [9.17, 15) is 4.39 Å². The highest BCUT2D eigenvalue weighted by molar-refractivity contribution is 6.31. The van der Waals surface area contributed by atoms with Gasteiger partial charge in [0.1, 0.15) is 12.0 Å². The first-order valence-corrected chi connectivity index (χ1v) is 4.62. The van der Waals surface area contributed by atoms with Crippen LogP contribution in [0.1, 0.15) is 5.69 Å². The summed E-state index contributed by atoms with van der Waals surface area (Å²) in [6.07, 6.45) is 1.32. The summed E-state index contributed by atoms with van der Waals surface area (Å²) in [5.74, 6) is -0.397. The third kappa shape index (κ3) is 2.17.